The minimum atomic E-state index is -0.673. The van der Waals surface area contributed by atoms with Crippen LogP contribution in [0.4, 0.5) is 0 Å². The van der Waals surface area contributed by atoms with Crippen LogP contribution in [0.3, 0.4) is 0 Å². The van der Waals surface area contributed by atoms with Gasteiger partial charge in [0.15, 0.2) is 23.9 Å². The number of rotatable bonds is 2. The van der Waals surface area contributed by atoms with Crippen LogP contribution in [0.2, 0.25) is 0 Å². The van der Waals surface area contributed by atoms with Crippen molar-refractivity contribution in [2.45, 2.75) is 18.5 Å². The van der Waals surface area contributed by atoms with E-state index in [1.54, 1.807) is 28.8 Å². The zero-order chi connectivity index (χ0) is 26.1. The van der Waals surface area contributed by atoms with Gasteiger partial charge in [-0.15, -0.1) is 0 Å². The van der Waals surface area contributed by atoms with Crippen LogP contribution in [0.15, 0.2) is 67.0 Å². The Morgan fingerprint density at radius 3 is 2.64 bits per heavy atom. The van der Waals surface area contributed by atoms with Crippen LogP contribution in [0.25, 0.3) is 10.9 Å². The first-order valence-electron chi connectivity index (χ1n) is 12.5. The van der Waals surface area contributed by atoms with Gasteiger partial charge in [-0.25, -0.2) is 4.57 Å². The summed E-state index contributed by atoms with van der Waals surface area (Å²) in [5.41, 5.74) is 3.61. The Morgan fingerprint density at radius 1 is 1.03 bits per heavy atom. The van der Waals surface area contributed by atoms with Crippen molar-refractivity contribution < 1.29 is 52.4 Å². The molecule has 1 saturated heterocycles. The summed E-state index contributed by atoms with van der Waals surface area (Å²) in [6.07, 6.45) is 3.98. The Labute approximate surface area is 241 Å². The second-order valence-corrected chi connectivity index (χ2v) is 10.0. The Bertz CT molecular complexity index is 1680. The lowest BCUT2D eigenvalue weighted by atomic mass is 9.86. The van der Waals surface area contributed by atoms with Crippen molar-refractivity contribution in [3.05, 3.63) is 89.4 Å². The number of pyridine rings is 1. The normalized spacial score (nSPS) is 19.5. The molecule has 0 radical (unpaired) electrons. The second kappa shape index (κ2) is 9.37. The van der Waals surface area contributed by atoms with Gasteiger partial charge < -0.3 is 43.3 Å². The van der Waals surface area contributed by atoms with Crippen LogP contribution in [-0.4, -0.2) is 58.5 Å². The second-order valence-electron chi connectivity index (χ2n) is 10.0. The first-order chi connectivity index (χ1) is 18.4. The number of hydrogen-bond acceptors (Lipinski definition) is 5. The summed E-state index contributed by atoms with van der Waals surface area (Å²) < 4.78 is 14.7. The lowest BCUT2D eigenvalue weighted by molar-refractivity contribution is -0.671. The molecule has 7 rings (SSSR count). The molecular formula is C29H25IN4O5. The molecule has 0 bridgehead atoms. The highest BCUT2D eigenvalue weighted by Crippen LogP contribution is 2.46. The van der Waals surface area contributed by atoms with Crippen LogP contribution in [0.1, 0.15) is 33.2 Å². The van der Waals surface area contributed by atoms with E-state index in [0.29, 0.717) is 29.2 Å². The summed E-state index contributed by atoms with van der Waals surface area (Å²) in [6.45, 7) is 0.0987. The molecule has 0 unspecified atom stereocenters. The van der Waals surface area contributed by atoms with E-state index in [0.717, 1.165) is 22.0 Å². The van der Waals surface area contributed by atoms with Crippen molar-refractivity contribution in [1.82, 2.24) is 14.4 Å². The molecule has 5 heterocycles. The minimum Gasteiger partial charge on any atom is -1.00 e. The number of fused-ring (bicyclic) bond motifs is 5. The van der Waals surface area contributed by atoms with Gasteiger partial charge in [-0.3, -0.25) is 19.0 Å². The molecule has 0 spiro atoms. The average molecular weight is 636 g/mol. The molecule has 0 aliphatic carbocycles. The minimum absolute atomic E-state index is 0. The molecule has 2 amide bonds. The summed E-state index contributed by atoms with van der Waals surface area (Å²) in [6, 6.07) is 15.6. The molecule has 2 aromatic carbocycles. The van der Waals surface area contributed by atoms with E-state index in [2.05, 4.69) is 0 Å². The van der Waals surface area contributed by atoms with Gasteiger partial charge in [0, 0.05) is 24.9 Å². The van der Waals surface area contributed by atoms with Crippen molar-refractivity contribution in [3.8, 4) is 11.5 Å². The Kier molecular flexibility index (Phi) is 6.09. The molecule has 0 N–H and O–H groups in total. The van der Waals surface area contributed by atoms with Gasteiger partial charge in [0.05, 0.1) is 23.8 Å². The number of aromatic nitrogens is 2. The fourth-order valence-corrected chi connectivity index (χ4v) is 6.04. The molecule has 39 heavy (non-hydrogen) atoms. The lowest BCUT2D eigenvalue weighted by Gasteiger charge is -2.46. The monoisotopic (exact) mass is 636 g/mol. The summed E-state index contributed by atoms with van der Waals surface area (Å²) in [5, 5.41) is 0.898. The predicted molar refractivity (Wildman–Crippen MR) is 136 cm³/mol. The Morgan fingerprint density at radius 2 is 1.82 bits per heavy atom. The van der Waals surface area contributed by atoms with Crippen molar-refractivity contribution in [2.75, 3.05) is 20.4 Å². The van der Waals surface area contributed by atoms with Crippen LogP contribution in [0.5, 0.6) is 11.5 Å². The quantitative estimate of drug-likeness (QED) is 0.213. The van der Waals surface area contributed by atoms with E-state index < -0.39 is 12.1 Å². The Balaban J connectivity index is 0.00000277. The van der Waals surface area contributed by atoms with Crippen molar-refractivity contribution >= 4 is 28.6 Å². The number of ether oxygens (including phenoxy) is 2. The highest BCUT2D eigenvalue weighted by Gasteiger charge is 2.49. The van der Waals surface area contributed by atoms with E-state index in [9.17, 15) is 14.4 Å². The maximum atomic E-state index is 14.2. The third-order valence-corrected chi connectivity index (χ3v) is 7.71. The van der Waals surface area contributed by atoms with Crippen LogP contribution in [0, 0.1) is 0 Å². The van der Waals surface area contributed by atoms with E-state index in [4.69, 9.17) is 9.47 Å². The largest absolute Gasteiger partial charge is 1.00 e. The van der Waals surface area contributed by atoms with E-state index in [1.807, 2.05) is 66.3 Å². The molecule has 10 heteroatoms. The summed E-state index contributed by atoms with van der Waals surface area (Å²) in [7, 11) is 3.53. The molecule has 2 aromatic heterocycles. The highest BCUT2D eigenvalue weighted by atomic mass is 127. The number of amides is 2. The standard InChI is InChI=1S/C29H25N4O5.HI/c1-30-11-5-6-18(14-30)28(35)33-21-8-4-3-7-19(21)20-13-22-29(36)31(2)15-25(34)32(22)26(27(20)33)17-9-10-23-24(12-17)38-16-37-23;/h3-12,14,22,26H,13,15-16H2,1-2H3;1H/q+1;/p-1/t22-,26-;/m1./s1. The number of aryl methyl sites for hydroxylation is 1. The molecule has 4 aromatic rings. The van der Waals surface area contributed by atoms with Gasteiger partial charge in [-0.1, -0.05) is 24.3 Å². The third kappa shape index (κ3) is 3.80. The van der Waals surface area contributed by atoms with Gasteiger partial charge in [0.25, 0.3) is 5.91 Å². The van der Waals surface area contributed by atoms with Gasteiger partial charge in [-0.05, 0) is 35.4 Å². The fourth-order valence-electron chi connectivity index (χ4n) is 6.04. The van der Waals surface area contributed by atoms with Crippen LogP contribution in [-0.2, 0) is 23.1 Å². The number of piperazine rings is 1. The summed E-state index contributed by atoms with van der Waals surface area (Å²) >= 11 is 0. The maximum absolute atomic E-state index is 14.2. The molecular weight excluding hydrogens is 611 g/mol. The van der Waals surface area contributed by atoms with Crippen LogP contribution < -0.4 is 38.0 Å². The van der Waals surface area contributed by atoms with E-state index in [1.165, 1.54) is 4.90 Å². The number of nitrogens with zero attached hydrogens (tertiary/aromatic N) is 4. The number of carbonyl (C=O) groups is 3. The predicted octanol–water partition coefficient (Wildman–Crippen LogP) is -0.798. The van der Waals surface area contributed by atoms with Gasteiger partial charge >= 0.3 is 0 Å². The van der Waals surface area contributed by atoms with Crippen molar-refractivity contribution in [3.63, 3.8) is 0 Å². The first-order valence-corrected chi connectivity index (χ1v) is 12.5. The number of likely N-dealkylation sites (N-methyl/N-ethyl adjacent to an activating group) is 1. The van der Waals surface area contributed by atoms with Crippen molar-refractivity contribution in [1.29, 1.82) is 0 Å². The number of benzene rings is 2. The number of carbonyl (C=O) groups excluding carboxylic acids is 3. The molecule has 3 aliphatic heterocycles. The SMILES string of the molecule is CN1CC(=O)N2[C@H](c3ccc4c(c3)OCO4)c3c(c4ccccc4n3C(=O)c3ccc[n+](C)c3)C[C@@H]2C1=O.[I-]. The molecule has 198 valence electrons. The number of halogens is 1. The number of para-hydroxylation sites is 1. The molecule has 9 nitrogen and oxygen atoms in total. The van der Waals surface area contributed by atoms with Crippen molar-refractivity contribution in [2.24, 2.45) is 7.05 Å². The van der Waals surface area contributed by atoms with Gasteiger partial charge in [0.2, 0.25) is 18.6 Å². The summed E-state index contributed by atoms with van der Waals surface area (Å²) in [5.74, 6) is 0.717. The smallest absolute Gasteiger partial charge is 0.268 e. The maximum Gasteiger partial charge on any atom is 0.268 e. The van der Waals surface area contributed by atoms with Gasteiger partial charge in [0.1, 0.15) is 18.7 Å². The van der Waals surface area contributed by atoms with Crippen LogP contribution >= 0.6 is 0 Å². The average Bonchev–Trinajstić information content (AvgIpc) is 3.52. The highest BCUT2D eigenvalue weighted by molar-refractivity contribution is 6.05. The zero-order valence-corrected chi connectivity index (χ0v) is 23.5. The fraction of sp³-hybridized carbons (Fsp3) is 0.241. The topological polar surface area (TPSA) is 85.0 Å². The third-order valence-electron chi connectivity index (χ3n) is 7.71. The lowest BCUT2D eigenvalue weighted by Crippen LogP contribution is -3.00. The number of hydrogen-bond donors (Lipinski definition) is 0. The summed E-state index contributed by atoms with van der Waals surface area (Å²) in [4.78, 5) is 44.4. The zero-order valence-electron chi connectivity index (χ0n) is 21.3. The Hall–Kier alpha value is -3.93. The molecule has 3 aliphatic rings. The first kappa shape index (κ1) is 25.4. The van der Waals surface area contributed by atoms with E-state index >= 15 is 0 Å². The molecule has 2 atom stereocenters. The molecule has 0 saturated carbocycles. The van der Waals surface area contributed by atoms with Gasteiger partial charge in [-0.2, -0.15) is 0 Å². The van der Waals surface area contributed by atoms with E-state index in [-0.39, 0.29) is 55.0 Å². The molecule has 1 fully saturated rings.